The maximum Gasteiger partial charge on any atom is 0.159 e. The molecule has 1 heterocycles. The molecule has 1 atom stereocenters. The van der Waals surface area contributed by atoms with E-state index in [9.17, 15) is 5.11 Å². The van der Waals surface area contributed by atoms with Crippen molar-refractivity contribution in [1.29, 1.82) is 0 Å². The summed E-state index contributed by atoms with van der Waals surface area (Å²) in [6, 6.07) is 36.1. The van der Waals surface area contributed by atoms with Gasteiger partial charge >= 0.3 is 0 Å². The average Bonchev–Trinajstić information content (AvgIpc) is 3.14. The highest BCUT2D eigenvalue weighted by atomic mass is 16.3. The monoisotopic (exact) mass is 412 g/mol. The molecule has 0 radical (unpaired) electrons. The number of aromatic nitrogens is 2. The molecule has 1 aliphatic rings. The number of fused-ring (bicyclic) bond motifs is 3. The normalized spacial score (nSPS) is 16.4. The van der Waals surface area contributed by atoms with Crippen LogP contribution < -0.4 is 0 Å². The van der Waals surface area contributed by atoms with Crippen molar-refractivity contribution < 1.29 is 5.11 Å². The first-order valence-electron chi connectivity index (χ1n) is 10.7. The van der Waals surface area contributed by atoms with Crippen molar-refractivity contribution in [3.63, 3.8) is 0 Å². The minimum absolute atomic E-state index is 0.653. The van der Waals surface area contributed by atoms with E-state index in [1.54, 1.807) is 6.20 Å². The van der Waals surface area contributed by atoms with E-state index in [0.717, 1.165) is 39.1 Å². The third kappa shape index (κ3) is 2.72. The number of hydrogen-bond donors (Lipinski definition) is 1. The van der Waals surface area contributed by atoms with Crippen LogP contribution in [0.2, 0.25) is 0 Å². The van der Waals surface area contributed by atoms with E-state index in [2.05, 4.69) is 23.2 Å². The van der Waals surface area contributed by atoms with Crippen LogP contribution in [-0.4, -0.2) is 15.1 Å². The summed E-state index contributed by atoms with van der Waals surface area (Å²) < 4.78 is 0. The molecule has 4 aromatic carbocycles. The molecule has 6 rings (SSSR count). The molecule has 1 aliphatic carbocycles. The number of nitrogens with zero attached hydrogens (tertiary/aromatic N) is 2. The largest absolute Gasteiger partial charge is 0.376 e. The van der Waals surface area contributed by atoms with E-state index < -0.39 is 5.60 Å². The highest BCUT2D eigenvalue weighted by Crippen LogP contribution is 2.52. The van der Waals surface area contributed by atoms with Crippen LogP contribution in [0, 0.1) is 0 Å². The summed E-state index contributed by atoms with van der Waals surface area (Å²) in [6.07, 6.45) is 1.78. The van der Waals surface area contributed by atoms with Crippen LogP contribution in [0.5, 0.6) is 0 Å². The van der Waals surface area contributed by atoms with Gasteiger partial charge in [-0.1, -0.05) is 109 Å². The predicted molar refractivity (Wildman–Crippen MR) is 127 cm³/mol. The Kier molecular flexibility index (Phi) is 4.23. The lowest BCUT2D eigenvalue weighted by Crippen LogP contribution is -2.27. The maximum atomic E-state index is 12.4. The van der Waals surface area contributed by atoms with E-state index in [0.29, 0.717) is 11.4 Å². The van der Waals surface area contributed by atoms with Gasteiger partial charge in [0.25, 0.3) is 0 Å². The predicted octanol–water partition coefficient (Wildman–Crippen LogP) is 6.08. The number of benzene rings is 4. The lowest BCUT2D eigenvalue weighted by molar-refractivity contribution is 0.131. The van der Waals surface area contributed by atoms with Gasteiger partial charge < -0.3 is 5.11 Å². The molecule has 1 N–H and O–H groups in total. The molecule has 1 unspecified atom stereocenters. The molecule has 0 fully saturated rings. The lowest BCUT2D eigenvalue weighted by Gasteiger charge is -2.28. The Balaban J connectivity index is 1.62. The quantitative estimate of drug-likeness (QED) is 0.391. The van der Waals surface area contributed by atoms with Crippen LogP contribution in [0.3, 0.4) is 0 Å². The molecule has 32 heavy (non-hydrogen) atoms. The van der Waals surface area contributed by atoms with Gasteiger partial charge in [-0.2, -0.15) is 0 Å². The average molecular weight is 412 g/mol. The second kappa shape index (κ2) is 7.26. The third-order valence-electron chi connectivity index (χ3n) is 6.18. The van der Waals surface area contributed by atoms with Crippen LogP contribution in [0.15, 0.2) is 115 Å². The van der Waals surface area contributed by atoms with Crippen molar-refractivity contribution >= 4 is 0 Å². The second-order valence-corrected chi connectivity index (χ2v) is 7.99. The fourth-order valence-electron chi connectivity index (χ4n) is 4.69. The third-order valence-corrected chi connectivity index (χ3v) is 6.18. The molecular weight excluding hydrogens is 392 g/mol. The summed E-state index contributed by atoms with van der Waals surface area (Å²) in [5, 5.41) is 12.4. The van der Waals surface area contributed by atoms with Gasteiger partial charge in [0.2, 0.25) is 0 Å². The summed E-state index contributed by atoms with van der Waals surface area (Å²) in [7, 11) is 0. The van der Waals surface area contributed by atoms with Crippen molar-refractivity contribution in [2.75, 3.05) is 0 Å². The molecule has 0 bridgehead atoms. The van der Waals surface area contributed by atoms with Crippen molar-refractivity contribution in [2.45, 2.75) is 5.60 Å². The van der Waals surface area contributed by atoms with E-state index in [4.69, 9.17) is 4.98 Å². The Morgan fingerprint density at radius 3 is 1.75 bits per heavy atom. The summed E-state index contributed by atoms with van der Waals surface area (Å²) in [5.41, 5.74) is 5.75. The SMILES string of the molecule is OC1(c2ccccc2-c2ccccc2)c2ccccc2-c2nc(-c3ccccc3)ncc21. The zero-order chi connectivity index (χ0) is 21.5. The number of rotatable bonds is 3. The summed E-state index contributed by atoms with van der Waals surface area (Å²) in [4.78, 5) is 9.57. The zero-order valence-corrected chi connectivity index (χ0v) is 17.3. The molecule has 5 aromatic rings. The standard InChI is InChI=1S/C29H20N2O/c32-29(24-17-9-7-15-22(24)20-11-3-1-4-12-20)25-18-10-8-16-23(25)27-26(29)19-30-28(31-27)21-13-5-2-6-14-21/h1-19,32H. The van der Waals surface area contributed by atoms with E-state index in [1.165, 1.54) is 0 Å². The van der Waals surface area contributed by atoms with Crippen LogP contribution in [-0.2, 0) is 5.60 Å². The number of aliphatic hydroxyl groups is 1. The summed E-state index contributed by atoms with van der Waals surface area (Å²) in [6.45, 7) is 0. The van der Waals surface area contributed by atoms with Crippen LogP contribution in [0.4, 0.5) is 0 Å². The minimum Gasteiger partial charge on any atom is -0.376 e. The van der Waals surface area contributed by atoms with Gasteiger partial charge in [-0.25, -0.2) is 9.97 Å². The first kappa shape index (κ1) is 18.7. The Labute approximate surface area is 186 Å². The molecule has 0 amide bonds. The molecule has 0 spiro atoms. The Hall–Kier alpha value is -4.08. The minimum atomic E-state index is -1.34. The molecule has 3 nitrogen and oxygen atoms in total. The molecule has 0 aliphatic heterocycles. The van der Waals surface area contributed by atoms with Crippen LogP contribution in [0.1, 0.15) is 16.7 Å². The van der Waals surface area contributed by atoms with Gasteiger partial charge in [0.1, 0.15) is 5.60 Å². The van der Waals surface area contributed by atoms with Gasteiger partial charge in [-0.15, -0.1) is 0 Å². The molecule has 152 valence electrons. The van der Waals surface area contributed by atoms with Gasteiger partial charge in [-0.3, -0.25) is 0 Å². The summed E-state index contributed by atoms with van der Waals surface area (Å²) >= 11 is 0. The maximum absolute atomic E-state index is 12.4. The topological polar surface area (TPSA) is 46.0 Å². The summed E-state index contributed by atoms with van der Waals surface area (Å²) in [5.74, 6) is 0.653. The van der Waals surface area contributed by atoms with Crippen molar-refractivity contribution in [1.82, 2.24) is 9.97 Å². The van der Waals surface area contributed by atoms with Gasteiger partial charge in [0, 0.05) is 34.0 Å². The van der Waals surface area contributed by atoms with E-state index in [1.807, 2.05) is 91.0 Å². The van der Waals surface area contributed by atoms with Gasteiger partial charge in [0.15, 0.2) is 5.82 Å². The highest BCUT2D eigenvalue weighted by molar-refractivity contribution is 5.83. The van der Waals surface area contributed by atoms with E-state index >= 15 is 0 Å². The molecule has 3 heteroatoms. The Morgan fingerprint density at radius 2 is 1.06 bits per heavy atom. The highest BCUT2D eigenvalue weighted by Gasteiger charge is 2.45. The molecule has 0 saturated heterocycles. The van der Waals surface area contributed by atoms with Crippen molar-refractivity contribution in [3.05, 3.63) is 132 Å². The Bertz CT molecular complexity index is 1430. The van der Waals surface area contributed by atoms with E-state index in [-0.39, 0.29) is 0 Å². The fraction of sp³-hybridized carbons (Fsp3) is 0.0345. The van der Waals surface area contributed by atoms with Crippen LogP contribution >= 0.6 is 0 Å². The molecule has 1 aromatic heterocycles. The van der Waals surface area contributed by atoms with Crippen molar-refractivity contribution in [2.24, 2.45) is 0 Å². The molecular formula is C29H20N2O. The first-order chi connectivity index (χ1) is 15.8. The van der Waals surface area contributed by atoms with Gasteiger partial charge in [-0.05, 0) is 11.1 Å². The lowest BCUT2D eigenvalue weighted by atomic mass is 9.81. The first-order valence-corrected chi connectivity index (χ1v) is 10.7. The van der Waals surface area contributed by atoms with Crippen LogP contribution in [0.25, 0.3) is 33.8 Å². The zero-order valence-electron chi connectivity index (χ0n) is 17.3. The Morgan fingerprint density at radius 1 is 0.531 bits per heavy atom. The van der Waals surface area contributed by atoms with Gasteiger partial charge in [0.05, 0.1) is 5.69 Å². The second-order valence-electron chi connectivity index (χ2n) is 7.99. The van der Waals surface area contributed by atoms with Crippen molar-refractivity contribution in [3.8, 4) is 33.8 Å². The smallest absolute Gasteiger partial charge is 0.159 e. The molecule has 0 saturated carbocycles. The fourth-order valence-corrected chi connectivity index (χ4v) is 4.69. The number of hydrogen-bond acceptors (Lipinski definition) is 3.